The fourth-order valence-corrected chi connectivity index (χ4v) is 3.28. The topological polar surface area (TPSA) is 48.0 Å². The van der Waals surface area contributed by atoms with Gasteiger partial charge in [0.25, 0.3) is 5.91 Å². The molecule has 0 N–H and O–H groups in total. The van der Waals surface area contributed by atoms with E-state index in [1.54, 1.807) is 11.9 Å². The zero-order valence-corrected chi connectivity index (χ0v) is 16.3. The summed E-state index contributed by atoms with van der Waals surface area (Å²) in [7, 11) is 1.78. The minimum atomic E-state index is -0.216. The van der Waals surface area contributed by atoms with Gasteiger partial charge in [0.05, 0.1) is 6.54 Å². The molecule has 29 heavy (non-hydrogen) atoms. The maximum Gasteiger partial charge on any atom is 0.254 e. The first kappa shape index (κ1) is 18.9. The lowest BCUT2D eigenvalue weighted by atomic mass is 10.1. The minimum absolute atomic E-state index is 0.0697. The number of para-hydroxylation sites is 3. The molecule has 1 aliphatic heterocycles. The average Bonchev–Trinajstić information content (AvgIpc) is 2.78. The zero-order chi connectivity index (χ0) is 20.1. The molecule has 1 atom stereocenters. The van der Waals surface area contributed by atoms with E-state index in [1.807, 2.05) is 78.9 Å². The molecule has 1 amide bonds. The fourth-order valence-electron chi connectivity index (χ4n) is 3.28. The molecule has 1 heterocycles. The quantitative estimate of drug-likeness (QED) is 0.635. The van der Waals surface area contributed by atoms with E-state index < -0.39 is 0 Å². The lowest BCUT2D eigenvalue weighted by Gasteiger charge is -2.30. The van der Waals surface area contributed by atoms with Crippen LogP contribution >= 0.6 is 0 Å². The molecule has 0 fully saturated rings. The summed E-state index contributed by atoms with van der Waals surface area (Å²) in [6.07, 6.45) is -0.216. The van der Waals surface area contributed by atoms with Gasteiger partial charge in [0, 0.05) is 18.2 Å². The molecule has 0 bridgehead atoms. The predicted molar refractivity (Wildman–Crippen MR) is 111 cm³/mol. The smallest absolute Gasteiger partial charge is 0.254 e. The zero-order valence-electron chi connectivity index (χ0n) is 16.3. The Morgan fingerprint density at radius 1 is 0.966 bits per heavy atom. The van der Waals surface area contributed by atoms with E-state index in [0.29, 0.717) is 31.1 Å². The summed E-state index contributed by atoms with van der Waals surface area (Å²) in [5.74, 6) is 2.15. The van der Waals surface area contributed by atoms with Crippen molar-refractivity contribution in [3.63, 3.8) is 0 Å². The summed E-state index contributed by atoms with van der Waals surface area (Å²) in [6.45, 7) is 1.17. The van der Waals surface area contributed by atoms with Gasteiger partial charge in [0.2, 0.25) is 0 Å². The molecular formula is C24H23NO4. The standard InChI is InChI=1S/C24H23NO4/c1-25(15-20-17-28-22-13-7-8-14-23(22)29-20)24(26)21-12-6-5-9-18(21)16-27-19-10-3-2-4-11-19/h2-14,20H,15-17H2,1H3/t20-/m0/s1. The SMILES string of the molecule is CN(C[C@H]1COc2ccccc2O1)C(=O)c1ccccc1COc1ccccc1. The lowest BCUT2D eigenvalue weighted by molar-refractivity contribution is 0.0519. The molecule has 0 spiro atoms. The Bertz CT molecular complexity index is 973. The van der Waals surface area contributed by atoms with Crippen LogP contribution in [0.15, 0.2) is 78.9 Å². The Balaban J connectivity index is 1.41. The normalized spacial score (nSPS) is 14.9. The second kappa shape index (κ2) is 8.69. The van der Waals surface area contributed by atoms with E-state index in [9.17, 15) is 4.79 Å². The van der Waals surface area contributed by atoms with Crippen molar-refractivity contribution in [2.24, 2.45) is 0 Å². The van der Waals surface area contributed by atoms with Crippen molar-refractivity contribution in [2.45, 2.75) is 12.7 Å². The number of fused-ring (bicyclic) bond motifs is 1. The predicted octanol–water partition coefficient (Wildman–Crippen LogP) is 4.18. The average molecular weight is 389 g/mol. The first-order valence-corrected chi connectivity index (χ1v) is 9.60. The van der Waals surface area contributed by atoms with Crippen LogP contribution in [0.1, 0.15) is 15.9 Å². The van der Waals surface area contributed by atoms with Crippen LogP contribution in [0.2, 0.25) is 0 Å². The molecular weight excluding hydrogens is 366 g/mol. The molecule has 148 valence electrons. The highest BCUT2D eigenvalue weighted by molar-refractivity contribution is 5.95. The van der Waals surface area contributed by atoms with Crippen LogP contribution in [-0.2, 0) is 6.61 Å². The third kappa shape index (κ3) is 4.51. The lowest BCUT2D eigenvalue weighted by Crippen LogP contribution is -2.42. The van der Waals surface area contributed by atoms with Crippen LogP contribution in [0.5, 0.6) is 17.2 Å². The first-order chi connectivity index (χ1) is 14.2. The van der Waals surface area contributed by atoms with Gasteiger partial charge in [0.15, 0.2) is 17.6 Å². The molecule has 0 saturated carbocycles. The number of rotatable bonds is 6. The molecule has 0 saturated heterocycles. The van der Waals surface area contributed by atoms with Gasteiger partial charge in [0.1, 0.15) is 19.0 Å². The Morgan fingerprint density at radius 3 is 2.48 bits per heavy atom. The van der Waals surface area contributed by atoms with Crippen LogP contribution in [0, 0.1) is 0 Å². The van der Waals surface area contributed by atoms with E-state index in [-0.39, 0.29) is 12.0 Å². The van der Waals surface area contributed by atoms with E-state index in [2.05, 4.69) is 0 Å². The highest BCUT2D eigenvalue weighted by Crippen LogP contribution is 2.31. The third-order valence-electron chi connectivity index (χ3n) is 4.78. The maximum atomic E-state index is 13.1. The summed E-state index contributed by atoms with van der Waals surface area (Å²) in [6, 6.07) is 24.7. The highest BCUT2D eigenvalue weighted by atomic mass is 16.6. The Kier molecular flexibility index (Phi) is 5.66. The molecule has 3 aromatic carbocycles. The highest BCUT2D eigenvalue weighted by Gasteiger charge is 2.25. The summed E-state index contributed by atoms with van der Waals surface area (Å²) in [4.78, 5) is 14.7. The molecule has 0 unspecified atom stereocenters. The molecule has 0 aliphatic carbocycles. The molecule has 0 radical (unpaired) electrons. The number of carbonyl (C=O) groups excluding carboxylic acids is 1. The van der Waals surface area contributed by atoms with Crippen LogP contribution in [0.25, 0.3) is 0 Å². The number of benzene rings is 3. The van der Waals surface area contributed by atoms with Gasteiger partial charge in [-0.1, -0.05) is 48.5 Å². The summed E-state index contributed by atoms with van der Waals surface area (Å²) in [5.41, 5.74) is 1.47. The van der Waals surface area contributed by atoms with Crippen LogP contribution in [0.4, 0.5) is 0 Å². The number of nitrogens with zero attached hydrogens (tertiary/aromatic N) is 1. The summed E-state index contributed by atoms with van der Waals surface area (Å²) in [5, 5.41) is 0. The van der Waals surface area contributed by atoms with Crippen LogP contribution in [-0.4, -0.2) is 37.1 Å². The third-order valence-corrected chi connectivity index (χ3v) is 4.78. The Labute approximate surface area is 170 Å². The molecule has 5 nitrogen and oxygen atoms in total. The molecule has 5 heteroatoms. The summed E-state index contributed by atoms with van der Waals surface area (Å²) < 4.78 is 17.6. The van der Waals surface area contributed by atoms with Crippen molar-refractivity contribution in [3.8, 4) is 17.2 Å². The van der Waals surface area contributed by atoms with Crippen molar-refractivity contribution < 1.29 is 19.0 Å². The maximum absolute atomic E-state index is 13.1. The van der Waals surface area contributed by atoms with Crippen molar-refractivity contribution in [2.75, 3.05) is 20.2 Å². The number of ether oxygens (including phenoxy) is 3. The van der Waals surface area contributed by atoms with Crippen molar-refractivity contribution in [1.29, 1.82) is 0 Å². The Morgan fingerprint density at radius 2 is 1.66 bits per heavy atom. The second-order valence-electron chi connectivity index (χ2n) is 6.94. The van der Waals surface area contributed by atoms with Gasteiger partial charge < -0.3 is 19.1 Å². The number of hydrogen-bond acceptors (Lipinski definition) is 4. The molecule has 3 aromatic rings. The number of amides is 1. The van der Waals surface area contributed by atoms with E-state index in [0.717, 1.165) is 17.1 Å². The van der Waals surface area contributed by atoms with Gasteiger partial charge in [-0.2, -0.15) is 0 Å². The Hall–Kier alpha value is -3.47. The minimum Gasteiger partial charge on any atom is -0.489 e. The van der Waals surface area contributed by atoms with Crippen molar-refractivity contribution in [1.82, 2.24) is 4.90 Å². The van der Waals surface area contributed by atoms with Gasteiger partial charge >= 0.3 is 0 Å². The summed E-state index contributed by atoms with van der Waals surface area (Å²) >= 11 is 0. The monoisotopic (exact) mass is 389 g/mol. The van der Waals surface area contributed by atoms with Gasteiger partial charge in [-0.25, -0.2) is 0 Å². The molecule has 4 rings (SSSR count). The van der Waals surface area contributed by atoms with Crippen LogP contribution < -0.4 is 14.2 Å². The number of hydrogen-bond donors (Lipinski definition) is 0. The number of likely N-dealkylation sites (N-methyl/N-ethyl adjacent to an activating group) is 1. The van der Waals surface area contributed by atoms with E-state index in [4.69, 9.17) is 14.2 Å². The first-order valence-electron chi connectivity index (χ1n) is 9.60. The fraction of sp³-hybridized carbons (Fsp3) is 0.208. The second-order valence-corrected chi connectivity index (χ2v) is 6.94. The van der Waals surface area contributed by atoms with Crippen molar-refractivity contribution >= 4 is 5.91 Å². The van der Waals surface area contributed by atoms with Crippen molar-refractivity contribution in [3.05, 3.63) is 90.0 Å². The van der Waals surface area contributed by atoms with Gasteiger partial charge in [-0.3, -0.25) is 4.79 Å². The number of carbonyl (C=O) groups is 1. The van der Waals surface area contributed by atoms with Crippen LogP contribution in [0.3, 0.4) is 0 Å². The van der Waals surface area contributed by atoms with Gasteiger partial charge in [-0.15, -0.1) is 0 Å². The molecule has 1 aliphatic rings. The largest absolute Gasteiger partial charge is 0.489 e. The molecule has 0 aromatic heterocycles. The van der Waals surface area contributed by atoms with E-state index in [1.165, 1.54) is 0 Å². The van der Waals surface area contributed by atoms with E-state index >= 15 is 0 Å². The van der Waals surface area contributed by atoms with Gasteiger partial charge in [-0.05, 0) is 30.3 Å².